The Morgan fingerprint density at radius 1 is 1.00 bits per heavy atom. The van der Waals surface area contributed by atoms with Crippen LogP contribution in [0, 0.1) is 5.92 Å². The summed E-state index contributed by atoms with van der Waals surface area (Å²) in [4.78, 5) is 24.6. The molecule has 35 heavy (non-hydrogen) atoms. The third-order valence-corrected chi connectivity index (χ3v) is 6.44. The lowest BCUT2D eigenvalue weighted by molar-refractivity contribution is -0.138. The molecule has 0 atom stereocenters. The van der Waals surface area contributed by atoms with Gasteiger partial charge in [-0.15, -0.1) is 6.58 Å². The molecule has 0 saturated heterocycles. The Kier molecular flexibility index (Phi) is 9.96. The molecule has 0 heterocycles. The van der Waals surface area contributed by atoms with Crippen molar-refractivity contribution in [1.29, 1.82) is 0 Å². The van der Waals surface area contributed by atoms with E-state index in [0.717, 1.165) is 43.6 Å². The summed E-state index contributed by atoms with van der Waals surface area (Å²) in [7, 11) is 0. The van der Waals surface area contributed by atoms with Gasteiger partial charge in [-0.2, -0.15) is 0 Å². The van der Waals surface area contributed by atoms with E-state index in [2.05, 4.69) is 6.58 Å². The minimum Gasteiger partial charge on any atom is -0.459 e. The monoisotopic (exact) mass is 476 g/mol. The summed E-state index contributed by atoms with van der Waals surface area (Å²) >= 11 is 0. The minimum atomic E-state index is -0.485. The van der Waals surface area contributed by atoms with E-state index < -0.39 is 5.97 Å². The van der Waals surface area contributed by atoms with Gasteiger partial charge in [0, 0.05) is 23.0 Å². The lowest BCUT2D eigenvalue weighted by Gasteiger charge is -2.28. The highest BCUT2D eigenvalue weighted by Crippen LogP contribution is 2.30. The number of nitrogen functional groups attached to an aromatic ring is 2. The number of carbonyl (C=O) groups is 2. The fourth-order valence-corrected chi connectivity index (χ4v) is 4.32. The fraction of sp³-hybridized carbons (Fsp3) is 0.379. The topological polar surface area (TPSA) is 105 Å². The summed E-state index contributed by atoms with van der Waals surface area (Å²) < 4.78 is 11.0. The molecule has 6 nitrogen and oxygen atoms in total. The second kappa shape index (κ2) is 13.4. The molecular formula is C29H36N2O4. The highest BCUT2D eigenvalue weighted by molar-refractivity contribution is 5.90. The van der Waals surface area contributed by atoms with Gasteiger partial charge in [-0.3, -0.25) is 0 Å². The number of esters is 2. The summed E-state index contributed by atoms with van der Waals surface area (Å²) in [5.74, 6) is -0.0344. The molecular weight excluding hydrogens is 440 g/mol. The SMILES string of the molecule is C=CCCCCC1CCC(OC(=O)c2ccc(/C=C/C(=O)OCc3ccc(N)cc3N)cc2)CC1. The van der Waals surface area contributed by atoms with Crippen molar-refractivity contribution in [2.24, 2.45) is 5.92 Å². The van der Waals surface area contributed by atoms with E-state index in [4.69, 9.17) is 20.9 Å². The molecule has 0 amide bonds. The summed E-state index contributed by atoms with van der Waals surface area (Å²) in [5, 5.41) is 0. The lowest BCUT2D eigenvalue weighted by Crippen LogP contribution is -2.24. The van der Waals surface area contributed by atoms with E-state index in [1.807, 2.05) is 6.08 Å². The van der Waals surface area contributed by atoms with Crippen LogP contribution < -0.4 is 11.5 Å². The first-order chi connectivity index (χ1) is 16.9. The molecule has 0 radical (unpaired) electrons. The van der Waals surface area contributed by atoms with Gasteiger partial charge in [-0.05, 0) is 80.3 Å². The number of anilines is 2. The predicted molar refractivity (Wildman–Crippen MR) is 140 cm³/mol. The summed E-state index contributed by atoms with van der Waals surface area (Å²) in [5.41, 5.74) is 14.6. The zero-order valence-corrected chi connectivity index (χ0v) is 20.3. The molecule has 186 valence electrons. The molecule has 6 heteroatoms. The predicted octanol–water partition coefficient (Wildman–Crippen LogP) is 6.07. The van der Waals surface area contributed by atoms with Gasteiger partial charge in [0.1, 0.15) is 12.7 Å². The lowest BCUT2D eigenvalue weighted by atomic mass is 9.84. The van der Waals surface area contributed by atoms with Crippen LogP contribution in [0.1, 0.15) is 72.9 Å². The molecule has 0 spiro atoms. The molecule has 0 aromatic heterocycles. The molecule has 1 aliphatic carbocycles. The number of allylic oxidation sites excluding steroid dienone is 1. The van der Waals surface area contributed by atoms with Crippen LogP contribution in [-0.4, -0.2) is 18.0 Å². The average molecular weight is 477 g/mol. The van der Waals surface area contributed by atoms with Crippen molar-refractivity contribution in [3.05, 3.63) is 77.9 Å². The van der Waals surface area contributed by atoms with Gasteiger partial charge in [0.2, 0.25) is 0 Å². The van der Waals surface area contributed by atoms with Crippen molar-refractivity contribution in [1.82, 2.24) is 0 Å². The average Bonchev–Trinajstić information content (AvgIpc) is 2.86. The highest BCUT2D eigenvalue weighted by atomic mass is 16.5. The van der Waals surface area contributed by atoms with Crippen molar-refractivity contribution in [2.75, 3.05) is 11.5 Å². The van der Waals surface area contributed by atoms with E-state index in [1.54, 1.807) is 48.5 Å². The maximum atomic E-state index is 12.5. The summed E-state index contributed by atoms with van der Waals surface area (Å²) in [6, 6.07) is 12.1. The Morgan fingerprint density at radius 3 is 2.43 bits per heavy atom. The molecule has 1 aliphatic rings. The van der Waals surface area contributed by atoms with Crippen LogP contribution in [0.25, 0.3) is 6.08 Å². The molecule has 1 fully saturated rings. The Bertz CT molecular complexity index is 1020. The van der Waals surface area contributed by atoms with Gasteiger partial charge < -0.3 is 20.9 Å². The van der Waals surface area contributed by atoms with Crippen LogP contribution in [0.15, 0.2) is 61.2 Å². The van der Waals surface area contributed by atoms with E-state index >= 15 is 0 Å². The third kappa shape index (κ3) is 8.63. The van der Waals surface area contributed by atoms with Crippen molar-refractivity contribution in [3.63, 3.8) is 0 Å². The second-order valence-electron chi connectivity index (χ2n) is 9.14. The normalized spacial score (nSPS) is 17.7. The first kappa shape index (κ1) is 26.1. The minimum absolute atomic E-state index is 0.00337. The quantitative estimate of drug-likeness (QED) is 0.134. The zero-order valence-electron chi connectivity index (χ0n) is 20.3. The maximum Gasteiger partial charge on any atom is 0.338 e. The van der Waals surface area contributed by atoms with Crippen molar-refractivity contribution >= 4 is 29.4 Å². The molecule has 2 aromatic carbocycles. The third-order valence-electron chi connectivity index (χ3n) is 6.44. The molecule has 3 rings (SSSR count). The largest absolute Gasteiger partial charge is 0.459 e. The Labute approximate surface area is 208 Å². The number of unbranched alkanes of at least 4 members (excludes halogenated alkanes) is 2. The van der Waals surface area contributed by atoms with Gasteiger partial charge in [-0.1, -0.05) is 37.1 Å². The second-order valence-corrected chi connectivity index (χ2v) is 9.14. The Hall–Kier alpha value is -3.54. The van der Waals surface area contributed by atoms with Crippen molar-refractivity contribution < 1.29 is 19.1 Å². The first-order valence-corrected chi connectivity index (χ1v) is 12.3. The van der Waals surface area contributed by atoms with Crippen LogP contribution in [-0.2, 0) is 20.9 Å². The van der Waals surface area contributed by atoms with Crippen LogP contribution in [0.5, 0.6) is 0 Å². The van der Waals surface area contributed by atoms with Gasteiger partial charge >= 0.3 is 11.9 Å². The van der Waals surface area contributed by atoms with E-state index in [1.165, 1.54) is 25.3 Å². The smallest absolute Gasteiger partial charge is 0.338 e. The molecule has 0 unspecified atom stereocenters. The number of carbonyl (C=O) groups excluding carboxylic acids is 2. The van der Waals surface area contributed by atoms with E-state index in [0.29, 0.717) is 22.5 Å². The van der Waals surface area contributed by atoms with Gasteiger partial charge in [0.25, 0.3) is 0 Å². The number of hydrogen-bond donors (Lipinski definition) is 2. The molecule has 0 aliphatic heterocycles. The van der Waals surface area contributed by atoms with Crippen LogP contribution in [0.3, 0.4) is 0 Å². The standard InChI is InChI=1S/C29H36N2O4/c1-2-3-4-5-6-21-9-16-26(17-10-21)35-29(33)23-12-7-22(8-13-23)11-18-28(32)34-20-24-14-15-25(30)19-27(24)31/h2,7-8,11-15,18-19,21,26H,1,3-6,9-10,16-17,20,30-31H2/b18-11+. The molecule has 1 saturated carbocycles. The number of nitrogens with two attached hydrogens (primary N) is 2. The van der Waals surface area contributed by atoms with Crippen molar-refractivity contribution in [3.8, 4) is 0 Å². The van der Waals surface area contributed by atoms with Gasteiger partial charge in [0.05, 0.1) is 5.56 Å². The van der Waals surface area contributed by atoms with E-state index in [9.17, 15) is 9.59 Å². The van der Waals surface area contributed by atoms with Gasteiger partial charge in [0.15, 0.2) is 0 Å². The van der Waals surface area contributed by atoms with Crippen LogP contribution in [0.4, 0.5) is 11.4 Å². The van der Waals surface area contributed by atoms with Crippen LogP contribution >= 0.6 is 0 Å². The van der Waals surface area contributed by atoms with Crippen molar-refractivity contribution in [2.45, 2.75) is 64.1 Å². The number of benzene rings is 2. The number of ether oxygens (including phenoxy) is 2. The first-order valence-electron chi connectivity index (χ1n) is 12.3. The molecule has 4 N–H and O–H groups in total. The fourth-order valence-electron chi connectivity index (χ4n) is 4.32. The van der Waals surface area contributed by atoms with Gasteiger partial charge in [-0.25, -0.2) is 9.59 Å². The zero-order chi connectivity index (χ0) is 25.0. The highest BCUT2D eigenvalue weighted by Gasteiger charge is 2.24. The number of hydrogen-bond acceptors (Lipinski definition) is 6. The summed E-state index contributed by atoms with van der Waals surface area (Å²) in [6.45, 7) is 3.84. The summed E-state index contributed by atoms with van der Waals surface area (Å²) in [6.07, 6.45) is 13.9. The van der Waals surface area contributed by atoms with Crippen LogP contribution in [0.2, 0.25) is 0 Å². The molecule has 2 aromatic rings. The molecule has 0 bridgehead atoms. The Morgan fingerprint density at radius 2 is 1.74 bits per heavy atom. The van der Waals surface area contributed by atoms with E-state index in [-0.39, 0.29) is 18.7 Å². The number of rotatable bonds is 11. The maximum absolute atomic E-state index is 12.5. The Balaban J connectivity index is 1.40.